The second-order valence-electron chi connectivity index (χ2n) is 5.56. The van der Waals surface area contributed by atoms with E-state index in [2.05, 4.69) is 9.97 Å². The van der Waals surface area contributed by atoms with E-state index in [0.29, 0.717) is 12.0 Å². The monoisotopic (exact) mass is 320 g/mol. The number of carboxylic acids is 1. The summed E-state index contributed by atoms with van der Waals surface area (Å²) in [6.45, 7) is 1.54. The zero-order valence-electron chi connectivity index (χ0n) is 13.1. The Kier molecular flexibility index (Phi) is 4.24. The minimum absolute atomic E-state index is 0.0260. The Labute approximate surface area is 138 Å². The van der Waals surface area contributed by atoms with Gasteiger partial charge in [0.15, 0.2) is 5.78 Å². The lowest BCUT2D eigenvalue weighted by molar-refractivity contribution is -0.131. The number of Topliss-reactive ketones (excluding diaryl/α,β-unsaturated/α-hetero) is 1. The molecule has 1 heterocycles. The van der Waals surface area contributed by atoms with Gasteiger partial charge in [-0.05, 0) is 42.3 Å². The fraction of sp³-hybridized carbons (Fsp3) is 0.105. The van der Waals surface area contributed by atoms with Crippen LogP contribution in [0.3, 0.4) is 0 Å². The Bertz CT molecular complexity index is 937. The number of aliphatic carboxylic acids is 1. The summed E-state index contributed by atoms with van der Waals surface area (Å²) in [4.78, 5) is 29.7. The maximum Gasteiger partial charge on any atom is 0.328 e. The van der Waals surface area contributed by atoms with E-state index in [0.717, 1.165) is 34.1 Å². The van der Waals surface area contributed by atoms with Crippen molar-refractivity contribution in [3.63, 3.8) is 0 Å². The molecule has 0 spiro atoms. The van der Waals surface area contributed by atoms with E-state index in [1.807, 2.05) is 36.4 Å². The summed E-state index contributed by atoms with van der Waals surface area (Å²) >= 11 is 0. The third-order valence-electron chi connectivity index (χ3n) is 3.71. The molecule has 2 aromatic carbocycles. The average Bonchev–Trinajstić information content (AvgIpc) is 2.95. The molecule has 2 N–H and O–H groups in total. The predicted molar refractivity (Wildman–Crippen MR) is 92.0 cm³/mol. The Morgan fingerprint density at radius 2 is 1.92 bits per heavy atom. The molecule has 5 nitrogen and oxygen atoms in total. The van der Waals surface area contributed by atoms with Gasteiger partial charge in [-0.1, -0.05) is 24.3 Å². The summed E-state index contributed by atoms with van der Waals surface area (Å²) in [5, 5.41) is 8.63. The zero-order chi connectivity index (χ0) is 17.1. The number of benzene rings is 2. The van der Waals surface area contributed by atoms with E-state index in [4.69, 9.17) is 5.11 Å². The zero-order valence-corrected chi connectivity index (χ0v) is 13.1. The van der Waals surface area contributed by atoms with E-state index < -0.39 is 5.97 Å². The highest BCUT2D eigenvalue weighted by molar-refractivity contribution is 5.97. The summed E-state index contributed by atoms with van der Waals surface area (Å²) in [5.41, 5.74) is 4.23. The van der Waals surface area contributed by atoms with Crippen LogP contribution >= 0.6 is 0 Å². The summed E-state index contributed by atoms with van der Waals surface area (Å²) in [5.74, 6) is -0.121. The number of imidazole rings is 1. The number of nitrogens with one attached hydrogen (secondary N) is 1. The first-order valence-corrected chi connectivity index (χ1v) is 7.51. The van der Waals surface area contributed by atoms with Gasteiger partial charge in [0.05, 0.1) is 11.0 Å². The molecule has 0 bridgehead atoms. The van der Waals surface area contributed by atoms with Gasteiger partial charge in [-0.3, -0.25) is 4.79 Å². The third kappa shape index (κ3) is 3.57. The van der Waals surface area contributed by atoms with E-state index in [1.165, 1.54) is 0 Å². The summed E-state index contributed by atoms with van der Waals surface area (Å²) < 4.78 is 0. The molecule has 0 saturated heterocycles. The number of ketones is 1. The lowest BCUT2D eigenvalue weighted by Crippen LogP contribution is -1.91. The van der Waals surface area contributed by atoms with E-state index in [1.54, 1.807) is 19.1 Å². The van der Waals surface area contributed by atoms with Gasteiger partial charge in [-0.25, -0.2) is 9.78 Å². The number of carboxylic acid groups (broad SMARTS) is 1. The highest BCUT2D eigenvalue weighted by atomic mass is 16.4. The highest BCUT2D eigenvalue weighted by Gasteiger charge is 2.06. The van der Waals surface area contributed by atoms with Crippen LogP contribution in [-0.4, -0.2) is 26.8 Å². The fourth-order valence-electron chi connectivity index (χ4n) is 2.47. The predicted octanol–water partition coefficient (Wildman–Crippen LogP) is 3.45. The number of carbonyl (C=O) groups excluding carboxylic acids is 1. The van der Waals surface area contributed by atoms with Crippen LogP contribution in [0.4, 0.5) is 0 Å². The van der Waals surface area contributed by atoms with Crippen molar-refractivity contribution in [2.45, 2.75) is 13.3 Å². The van der Waals surface area contributed by atoms with Crippen LogP contribution in [0.2, 0.25) is 0 Å². The molecular formula is C19H16N2O3. The number of H-pyrrole nitrogens is 1. The van der Waals surface area contributed by atoms with Crippen LogP contribution in [-0.2, 0) is 11.2 Å². The minimum Gasteiger partial charge on any atom is -0.478 e. The van der Waals surface area contributed by atoms with Crippen LogP contribution in [0.15, 0.2) is 48.5 Å². The maximum absolute atomic E-state index is 11.4. The van der Waals surface area contributed by atoms with Gasteiger partial charge in [-0.15, -0.1) is 0 Å². The molecule has 3 aromatic rings. The first-order chi connectivity index (χ1) is 11.5. The van der Waals surface area contributed by atoms with Crippen molar-refractivity contribution in [1.29, 1.82) is 0 Å². The number of rotatable bonds is 5. The van der Waals surface area contributed by atoms with Crippen molar-refractivity contribution in [3.8, 4) is 0 Å². The van der Waals surface area contributed by atoms with Gasteiger partial charge < -0.3 is 10.1 Å². The Balaban J connectivity index is 1.79. The number of aromatic nitrogens is 2. The van der Waals surface area contributed by atoms with Crippen molar-refractivity contribution in [3.05, 3.63) is 71.1 Å². The van der Waals surface area contributed by atoms with Crippen molar-refractivity contribution < 1.29 is 14.7 Å². The molecule has 0 atom stereocenters. The molecule has 1 aromatic heterocycles. The molecule has 24 heavy (non-hydrogen) atoms. The summed E-state index contributed by atoms with van der Waals surface area (Å²) in [7, 11) is 0. The van der Waals surface area contributed by atoms with Crippen molar-refractivity contribution in [1.82, 2.24) is 9.97 Å². The van der Waals surface area contributed by atoms with Crippen molar-refractivity contribution >= 4 is 28.9 Å². The topological polar surface area (TPSA) is 83.1 Å². The lowest BCUT2D eigenvalue weighted by atomic mass is 10.1. The molecule has 0 aliphatic heterocycles. The van der Waals surface area contributed by atoms with Gasteiger partial charge in [-0.2, -0.15) is 0 Å². The molecule has 120 valence electrons. The number of nitrogens with zero attached hydrogens (tertiary/aromatic N) is 1. The fourth-order valence-corrected chi connectivity index (χ4v) is 2.47. The maximum atomic E-state index is 11.4. The second kappa shape index (κ2) is 6.50. The second-order valence-corrected chi connectivity index (χ2v) is 5.56. The van der Waals surface area contributed by atoms with Crippen molar-refractivity contribution in [2.75, 3.05) is 0 Å². The first-order valence-electron chi connectivity index (χ1n) is 7.51. The van der Waals surface area contributed by atoms with Crippen LogP contribution < -0.4 is 0 Å². The third-order valence-corrected chi connectivity index (χ3v) is 3.71. The van der Waals surface area contributed by atoms with Crippen LogP contribution in [0, 0.1) is 0 Å². The first kappa shape index (κ1) is 15.7. The van der Waals surface area contributed by atoms with E-state index >= 15 is 0 Å². The SMILES string of the molecule is CC(=O)c1ccc2nc(Cc3ccc(C=CC(=O)O)cc3)[nH]c2c1. The van der Waals surface area contributed by atoms with Gasteiger partial charge in [0.1, 0.15) is 5.82 Å². The number of fused-ring (bicyclic) bond motifs is 1. The molecule has 0 aliphatic rings. The molecule has 3 rings (SSSR count). The van der Waals surface area contributed by atoms with Gasteiger partial charge in [0.2, 0.25) is 0 Å². The highest BCUT2D eigenvalue weighted by Crippen LogP contribution is 2.17. The molecule has 0 unspecified atom stereocenters. The average molecular weight is 320 g/mol. The molecule has 0 aliphatic carbocycles. The molecule has 0 saturated carbocycles. The smallest absolute Gasteiger partial charge is 0.328 e. The minimum atomic E-state index is -0.966. The van der Waals surface area contributed by atoms with Crippen LogP contribution in [0.5, 0.6) is 0 Å². The molecule has 0 radical (unpaired) electrons. The molecular weight excluding hydrogens is 304 g/mol. The van der Waals surface area contributed by atoms with Crippen LogP contribution in [0.25, 0.3) is 17.1 Å². The molecule has 5 heteroatoms. The quantitative estimate of drug-likeness (QED) is 0.557. The largest absolute Gasteiger partial charge is 0.478 e. The van der Waals surface area contributed by atoms with Gasteiger partial charge >= 0.3 is 5.97 Å². The van der Waals surface area contributed by atoms with Gasteiger partial charge in [0, 0.05) is 18.1 Å². The van der Waals surface area contributed by atoms with Crippen LogP contribution in [0.1, 0.15) is 34.2 Å². The lowest BCUT2D eigenvalue weighted by Gasteiger charge is -1.99. The standard InChI is InChI=1S/C19H16N2O3/c1-12(22)15-7-8-16-17(11-15)21-18(20-16)10-14-4-2-13(3-5-14)6-9-19(23)24/h2-9,11H,10H2,1H3,(H,20,21)(H,23,24). The Hall–Kier alpha value is -3.21. The normalized spacial score (nSPS) is 11.2. The van der Waals surface area contributed by atoms with Gasteiger partial charge in [0.25, 0.3) is 0 Å². The molecule has 0 amide bonds. The number of hydrogen-bond donors (Lipinski definition) is 2. The molecule has 0 fully saturated rings. The number of carbonyl (C=O) groups is 2. The summed E-state index contributed by atoms with van der Waals surface area (Å²) in [6, 6.07) is 13.0. The van der Waals surface area contributed by atoms with E-state index in [-0.39, 0.29) is 5.78 Å². The van der Waals surface area contributed by atoms with E-state index in [9.17, 15) is 9.59 Å². The van der Waals surface area contributed by atoms with Crippen molar-refractivity contribution in [2.24, 2.45) is 0 Å². The summed E-state index contributed by atoms with van der Waals surface area (Å²) in [6.07, 6.45) is 3.30. The number of aromatic amines is 1. The number of hydrogen-bond acceptors (Lipinski definition) is 3. The Morgan fingerprint density at radius 1 is 1.17 bits per heavy atom. The Morgan fingerprint density at radius 3 is 2.58 bits per heavy atom.